The molecule has 0 aliphatic heterocycles. The number of rotatable bonds is 6. The molecule has 1 aliphatic carbocycles. The Labute approximate surface area is 124 Å². The van der Waals surface area contributed by atoms with Gasteiger partial charge in [-0.2, -0.15) is 11.3 Å². The number of ether oxygens (including phenoxy) is 1. The fraction of sp³-hybridized carbons (Fsp3) is 0.667. The Morgan fingerprint density at radius 2 is 2.45 bits per heavy atom. The lowest BCUT2D eigenvalue weighted by Crippen LogP contribution is -2.38. The molecule has 0 saturated heterocycles. The van der Waals surface area contributed by atoms with Crippen LogP contribution in [0.3, 0.4) is 0 Å². The van der Waals surface area contributed by atoms with E-state index < -0.39 is 6.10 Å². The molecule has 20 heavy (non-hydrogen) atoms. The van der Waals surface area contributed by atoms with E-state index in [1.807, 2.05) is 23.8 Å². The number of aliphatic hydroxyl groups is 1. The highest BCUT2D eigenvalue weighted by Gasteiger charge is 2.28. The Morgan fingerprint density at radius 3 is 3.15 bits per heavy atom. The van der Waals surface area contributed by atoms with E-state index >= 15 is 0 Å². The number of hydrogen-bond donors (Lipinski definition) is 2. The summed E-state index contributed by atoms with van der Waals surface area (Å²) < 4.78 is 5.10. The van der Waals surface area contributed by atoms with Crippen molar-refractivity contribution in [2.24, 2.45) is 5.92 Å². The molecule has 3 atom stereocenters. The molecule has 1 heterocycles. The van der Waals surface area contributed by atoms with Gasteiger partial charge in [0.2, 0.25) is 0 Å². The molecule has 0 spiro atoms. The van der Waals surface area contributed by atoms with Crippen LogP contribution in [-0.4, -0.2) is 30.3 Å². The zero-order valence-electron chi connectivity index (χ0n) is 11.9. The van der Waals surface area contributed by atoms with Crippen molar-refractivity contribution in [3.05, 3.63) is 22.4 Å². The maximum Gasteiger partial charge on any atom is 0.308 e. The first-order valence-corrected chi connectivity index (χ1v) is 8.25. The smallest absolute Gasteiger partial charge is 0.308 e. The molecule has 1 aliphatic rings. The quantitative estimate of drug-likeness (QED) is 0.792. The van der Waals surface area contributed by atoms with E-state index in [2.05, 4.69) is 5.32 Å². The fourth-order valence-electron chi connectivity index (χ4n) is 2.71. The van der Waals surface area contributed by atoms with Gasteiger partial charge in [0.15, 0.2) is 0 Å². The highest BCUT2D eigenvalue weighted by atomic mass is 32.1. The second-order valence-corrected chi connectivity index (χ2v) is 6.07. The lowest BCUT2D eigenvalue weighted by atomic mass is 9.85. The maximum atomic E-state index is 11.8. The van der Waals surface area contributed by atoms with Crippen LogP contribution in [-0.2, 0) is 9.53 Å². The van der Waals surface area contributed by atoms with E-state index in [0.717, 1.165) is 31.2 Å². The molecule has 4 nitrogen and oxygen atoms in total. The van der Waals surface area contributed by atoms with Crippen LogP contribution >= 0.6 is 11.3 Å². The summed E-state index contributed by atoms with van der Waals surface area (Å²) in [6.07, 6.45) is 3.37. The minimum absolute atomic E-state index is 0.0134. The Kier molecular flexibility index (Phi) is 6.01. The number of hydrogen-bond acceptors (Lipinski definition) is 5. The van der Waals surface area contributed by atoms with Crippen LogP contribution in [0, 0.1) is 5.92 Å². The molecule has 0 radical (unpaired) electrons. The van der Waals surface area contributed by atoms with Crippen molar-refractivity contribution in [1.29, 1.82) is 0 Å². The molecule has 3 unspecified atom stereocenters. The molecule has 1 fully saturated rings. The van der Waals surface area contributed by atoms with E-state index in [-0.39, 0.29) is 11.9 Å². The van der Waals surface area contributed by atoms with E-state index in [1.54, 1.807) is 11.3 Å². The first-order valence-electron chi connectivity index (χ1n) is 7.31. The van der Waals surface area contributed by atoms with Crippen molar-refractivity contribution in [3.63, 3.8) is 0 Å². The van der Waals surface area contributed by atoms with Crippen LogP contribution in [0.25, 0.3) is 0 Å². The van der Waals surface area contributed by atoms with Gasteiger partial charge in [-0.3, -0.25) is 4.79 Å². The number of esters is 1. The van der Waals surface area contributed by atoms with Crippen LogP contribution in [0.15, 0.2) is 16.8 Å². The summed E-state index contributed by atoms with van der Waals surface area (Å²) in [4.78, 5) is 11.8. The molecule has 5 heteroatoms. The first kappa shape index (κ1) is 15.5. The third-order valence-corrected chi connectivity index (χ3v) is 4.52. The van der Waals surface area contributed by atoms with Gasteiger partial charge >= 0.3 is 5.97 Å². The zero-order chi connectivity index (χ0) is 14.4. The standard InChI is InChI=1S/C15H23NO3S/c1-2-19-15(18)11-4-3-5-13(8-11)16-9-14(17)12-6-7-20-10-12/h6-7,10-11,13-14,16-17H,2-5,8-9H2,1H3. The Bertz CT molecular complexity index is 407. The molecule has 0 aromatic carbocycles. The number of thiophene rings is 1. The normalized spacial score (nSPS) is 24.3. The average Bonchev–Trinajstić information content (AvgIpc) is 2.99. The third kappa shape index (κ3) is 4.30. The third-order valence-electron chi connectivity index (χ3n) is 3.82. The molecule has 1 aromatic rings. The number of aliphatic hydroxyl groups excluding tert-OH is 1. The average molecular weight is 297 g/mol. The second kappa shape index (κ2) is 7.76. The van der Waals surface area contributed by atoms with Gasteiger partial charge < -0.3 is 15.2 Å². The summed E-state index contributed by atoms with van der Waals surface area (Å²) in [6.45, 7) is 2.83. The van der Waals surface area contributed by atoms with E-state index in [4.69, 9.17) is 4.74 Å². The Balaban J connectivity index is 1.77. The summed E-state index contributed by atoms with van der Waals surface area (Å²) in [5, 5.41) is 17.4. The van der Waals surface area contributed by atoms with Gasteiger partial charge in [0, 0.05) is 12.6 Å². The summed E-state index contributed by atoms with van der Waals surface area (Å²) in [7, 11) is 0. The highest BCUT2D eigenvalue weighted by molar-refractivity contribution is 7.07. The van der Waals surface area contributed by atoms with E-state index in [0.29, 0.717) is 19.2 Å². The maximum absolute atomic E-state index is 11.8. The van der Waals surface area contributed by atoms with Crippen molar-refractivity contribution in [3.8, 4) is 0 Å². The van der Waals surface area contributed by atoms with Gasteiger partial charge in [-0.25, -0.2) is 0 Å². The number of carbonyl (C=O) groups excluding carboxylic acids is 1. The van der Waals surface area contributed by atoms with Crippen molar-refractivity contribution in [2.45, 2.75) is 44.8 Å². The Morgan fingerprint density at radius 1 is 1.60 bits per heavy atom. The van der Waals surface area contributed by atoms with Crippen molar-refractivity contribution < 1.29 is 14.6 Å². The summed E-state index contributed by atoms with van der Waals surface area (Å²) in [5.74, 6) is -0.0585. The van der Waals surface area contributed by atoms with Gasteiger partial charge in [0.1, 0.15) is 0 Å². The number of nitrogens with one attached hydrogen (secondary N) is 1. The molecule has 112 valence electrons. The van der Waals surface area contributed by atoms with Crippen LogP contribution in [0.1, 0.15) is 44.3 Å². The molecule has 2 N–H and O–H groups in total. The van der Waals surface area contributed by atoms with Crippen LogP contribution in [0.4, 0.5) is 0 Å². The minimum atomic E-state index is -0.468. The van der Waals surface area contributed by atoms with Gasteiger partial charge in [-0.05, 0) is 48.6 Å². The van der Waals surface area contributed by atoms with Crippen LogP contribution in [0.2, 0.25) is 0 Å². The molecular formula is C15H23NO3S. The molecule has 1 saturated carbocycles. The van der Waals surface area contributed by atoms with Crippen molar-refractivity contribution in [1.82, 2.24) is 5.32 Å². The summed E-state index contributed by atoms with van der Waals surface area (Å²) in [5.41, 5.74) is 0.959. The summed E-state index contributed by atoms with van der Waals surface area (Å²) >= 11 is 1.59. The zero-order valence-corrected chi connectivity index (χ0v) is 12.7. The van der Waals surface area contributed by atoms with Crippen molar-refractivity contribution >= 4 is 17.3 Å². The van der Waals surface area contributed by atoms with Gasteiger partial charge in [0.05, 0.1) is 18.6 Å². The van der Waals surface area contributed by atoms with Gasteiger partial charge in [-0.1, -0.05) is 6.42 Å². The van der Waals surface area contributed by atoms with E-state index in [1.165, 1.54) is 0 Å². The van der Waals surface area contributed by atoms with Gasteiger partial charge in [-0.15, -0.1) is 0 Å². The number of carbonyl (C=O) groups is 1. The second-order valence-electron chi connectivity index (χ2n) is 5.29. The van der Waals surface area contributed by atoms with Crippen LogP contribution in [0.5, 0.6) is 0 Å². The van der Waals surface area contributed by atoms with Crippen molar-refractivity contribution in [2.75, 3.05) is 13.2 Å². The topological polar surface area (TPSA) is 58.6 Å². The first-order chi connectivity index (χ1) is 9.70. The highest BCUT2D eigenvalue weighted by Crippen LogP contribution is 2.26. The minimum Gasteiger partial charge on any atom is -0.466 e. The largest absolute Gasteiger partial charge is 0.466 e. The van der Waals surface area contributed by atoms with Gasteiger partial charge in [0.25, 0.3) is 0 Å². The summed E-state index contributed by atoms with van der Waals surface area (Å²) in [6, 6.07) is 2.24. The SMILES string of the molecule is CCOC(=O)C1CCCC(NCC(O)c2ccsc2)C1. The fourth-order valence-corrected chi connectivity index (χ4v) is 3.42. The lowest BCUT2D eigenvalue weighted by molar-refractivity contribution is -0.149. The predicted octanol–water partition coefficient (Wildman–Crippen LogP) is 2.49. The lowest BCUT2D eigenvalue weighted by Gasteiger charge is -2.29. The molecule has 0 bridgehead atoms. The monoisotopic (exact) mass is 297 g/mol. The molecule has 1 aromatic heterocycles. The molecular weight excluding hydrogens is 274 g/mol. The molecule has 0 amide bonds. The molecule has 2 rings (SSSR count). The van der Waals surface area contributed by atoms with E-state index in [9.17, 15) is 9.90 Å². The van der Waals surface area contributed by atoms with Crippen LogP contribution < -0.4 is 5.32 Å². The predicted molar refractivity (Wildman–Crippen MR) is 79.7 cm³/mol. The Hall–Kier alpha value is -0.910.